The third-order valence-corrected chi connectivity index (χ3v) is 5.82. The molecule has 1 aliphatic rings. The monoisotopic (exact) mass is 466 g/mol. The lowest BCUT2D eigenvalue weighted by molar-refractivity contribution is -0.126. The van der Waals surface area contributed by atoms with Crippen LogP contribution < -0.4 is 9.47 Å². The molecule has 0 N–H and O–H groups in total. The normalized spacial score (nSPS) is 12.3. The summed E-state index contributed by atoms with van der Waals surface area (Å²) >= 11 is 0. The van der Waals surface area contributed by atoms with Crippen LogP contribution in [0.1, 0.15) is 23.6 Å². The van der Waals surface area contributed by atoms with Crippen molar-refractivity contribution in [2.24, 2.45) is 0 Å². The summed E-state index contributed by atoms with van der Waals surface area (Å²) in [6.45, 7) is 3.91. The van der Waals surface area contributed by atoms with Gasteiger partial charge < -0.3 is 14.4 Å². The number of carbonyl (C=O) groups excluding carboxylic acids is 1. The lowest BCUT2D eigenvalue weighted by Gasteiger charge is -2.19. The molecule has 7 nitrogen and oxygen atoms in total. The maximum absolute atomic E-state index is 13.1. The number of amides is 1. The van der Waals surface area contributed by atoms with E-state index >= 15 is 0 Å². The molecule has 1 amide bonds. The first-order chi connectivity index (χ1) is 17.2. The van der Waals surface area contributed by atoms with Gasteiger partial charge in [-0.15, -0.1) is 0 Å². The topological polar surface area (TPSA) is 69.5 Å². The number of aromatic nitrogens is 3. The van der Waals surface area contributed by atoms with E-state index in [0.29, 0.717) is 25.4 Å². The molecule has 3 heterocycles. The van der Waals surface area contributed by atoms with Gasteiger partial charge in [0, 0.05) is 48.9 Å². The van der Waals surface area contributed by atoms with Crippen molar-refractivity contribution in [3.05, 3.63) is 102 Å². The van der Waals surface area contributed by atoms with Crippen LogP contribution in [0.15, 0.2) is 85.3 Å². The fraction of sp³-hybridized carbons (Fsp3) is 0.179. The quantitative estimate of drug-likeness (QED) is 0.350. The molecule has 7 heteroatoms. The smallest absolute Gasteiger partial charge is 0.246 e. The van der Waals surface area contributed by atoms with Gasteiger partial charge in [0.05, 0.1) is 6.54 Å². The van der Waals surface area contributed by atoms with E-state index in [4.69, 9.17) is 14.6 Å². The second kappa shape index (κ2) is 10.3. The molecule has 0 saturated carbocycles. The van der Waals surface area contributed by atoms with E-state index in [0.717, 1.165) is 33.7 Å². The Balaban J connectivity index is 1.36. The molecule has 0 atom stereocenters. The number of hydrogen-bond donors (Lipinski definition) is 0. The van der Waals surface area contributed by atoms with Crippen molar-refractivity contribution in [1.82, 2.24) is 19.7 Å². The summed E-state index contributed by atoms with van der Waals surface area (Å²) in [5, 5.41) is 4.79. The molecule has 0 fully saturated rings. The second-order valence-corrected chi connectivity index (χ2v) is 8.23. The highest BCUT2D eigenvalue weighted by Crippen LogP contribution is 2.33. The second-order valence-electron chi connectivity index (χ2n) is 8.23. The molecular formula is C28H26N4O3. The summed E-state index contributed by atoms with van der Waals surface area (Å²) in [5.74, 6) is 1.38. The van der Waals surface area contributed by atoms with Crippen LogP contribution in [-0.2, 0) is 17.9 Å². The number of rotatable bonds is 8. The van der Waals surface area contributed by atoms with Gasteiger partial charge in [-0.2, -0.15) is 5.10 Å². The number of likely N-dealkylation sites (N-methyl/N-ethyl adjacent to an activating group) is 1. The number of hydrogen-bond acceptors (Lipinski definition) is 5. The van der Waals surface area contributed by atoms with E-state index in [1.807, 2.05) is 72.4 Å². The van der Waals surface area contributed by atoms with Crippen LogP contribution in [0.5, 0.6) is 11.5 Å². The zero-order valence-corrected chi connectivity index (χ0v) is 19.5. The average Bonchev–Trinajstić information content (AvgIpc) is 3.53. The van der Waals surface area contributed by atoms with Gasteiger partial charge >= 0.3 is 0 Å². The van der Waals surface area contributed by atoms with Crippen LogP contribution in [0, 0.1) is 0 Å². The van der Waals surface area contributed by atoms with Gasteiger partial charge in [0.2, 0.25) is 12.7 Å². The number of carbonyl (C=O) groups is 1. The molecule has 1 aliphatic heterocycles. The van der Waals surface area contributed by atoms with E-state index in [2.05, 4.69) is 17.1 Å². The Morgan fingerprint density at radius 2 is 1.91 bits per heavy atom. The standard InChI is InChI=1S/C28H26N4O3/c1-2-31(17-22-10-12-25-26(15-22)35-20-34-25)27(33)13-11-24-19-32(18-21-7-4-3-5-8-21)30-28(24)23-9-6-14-29-16-23/h3-16,19H,2,17-18,20H2,1H3/b13-11-. The summed E-state index contributed by atoms with van der Waals surface area (Å²) in [4.78, 5) is 19.1. The maximum Gasteiger partial charge on any atom is 0.246 e. The first-order valence-electron chi connectivity index (χ1n) is 11.6. The predicted octanol–water partition coefficient (Wildman–Crippen LogP) is 4.78. The Morgan fingerprint density at radius 3 is 2.71 bits per heavy atom. The largest absolute Gasteiger partial charge is 0.454 e. The molecule has 2 aromatic heterocycles. The van der Waals surface area contributed by atoms with Crippen molar-refractivity contribution in [1.29, 1.82) is 0 Å². The highest BCUT2D eigenvalue weighted by atomic mass is 16.7. The molecule has 35 heavy (non-hydrogen) atoms. The molecule has 5 rings (SSSR count). The molecular weight excluding hydrogens is 440 g/mol. The Hall–Kier alpha value is -4.39. The summed E-state index contributed by atoms with van der Waals surface area (Å²) in [6, 6.07) is 19.8. The molecule has 2 aromatic carbocycles. The van der Waals surface area contributed by atoms with Crippen molar-refractivity contribution in [2.45, 2.75) is 20.0 Å². The number of fused-ring (bicyclic) bond motifs is 1. The highest BCUT2D eigenvalue weighted by molar-refractivity contribution is 5.92. The van der Waals surface area contributed by atoms with E-state index in [1.54, 1.807) is 23.4 Å². The third kappa shape index (κ3) is 5.24. The van der Waals surface area contributed by atoms with E-state index in [9.17, 15) is 4.79 Å². The molecule has 0 saturated heterocycles. The van der Waals surface area contributed by atoms with Crippen molar-refractivity contribution >= 4 is 12.0 Å². The number of benzene rings is 2. The summed E-state index contributed by atoms with van der Waals surface area (Å²) in [5.41, 5.74) is 4.70. The third-order valence-electron chi connectivity index (χ3n) is 5.82. The SMILES string of the molecule is CCN(Cc1ccc2c(c1)OCO2)C(=O)/C=C\c1cn(Cc2ccccc2)nc1-c1cccnc1. The van der Waals surface area contributed by atoms with Crippen LogP contribution in [0.4, 0.5) is 0 Å². The first kappa shape index (κ1) is 22.4. The Kier molecular flexibility index (Phi) is 6.57. The van der Waals surface area contributed by atoms with Gasteiger partial charge in [0.15, 0.2) is 11.5 Å². The zero-order valence-electron chi connectivity index (χ0n) is 19.5. The van der Waals surface area contributed by atoms with Crippen molar-refractivity contribution in [3.63, 3.8) is 0 Å². The summed E-state index contributed by atoms with van der Waals surface area (Å²) in [7, 11) is 0. The molecule has 0 radical (unpaired) electrons. The lowest BCUT2D eigenvalue weighted by atomic mass is 10.1. The van der Waals surface area contributed by atoms with Gasteiger partial charge in [-0.1, -0.05) is 36.4 Å². The average molecular weight is 467 g/mol. The highest BCUT2D eigenvalue weighted by Gasteiger charge is 2.16. The molecule has 0 aliphatic carbocycles. The minimum atomic E-state index is -0.0712. The summed E-state index contributed by atoms with van der Waals surface area (Å²) in [6.07, 6.45) is 8.93. The number of pyridine rings is 1. The molecule has 0 bridgehead atoms. The minimum Gasteiger partial charge on any atom is -0.454 e. The Labute approximate surface area is 204 Å². The van der Waals surface area contributed by atoms with E-state index < -0.39 is 0 Å². The first-order valence-corrected chi connectivity index (χ1v) is 11.6. The number of nitrogens with zero attached hydrogens (tertiary/aromatic N) is 4. The maximum atomic E-state index is 13.1. The van der Waals surface area contributed by atoms with Gasteiger partial charge in [-0.25, -0.2) is 0 Å². The Morgan fingerprint density at radius 1 is 1.06 bits per heavy atom. The number of ether oxygens (including phenoxy) is 2. The van der Waals surface area contributed by atoms with Gasteiger partial charge in [0.25, 0.3) is 0 Å². The van der Waals surface area contributed by atoms with Crippen molar-refractivity contribution in [3.8, 4) is 22.8 Å². The fourth-order valence-electron chi connectivity index (χ4n) is 4.01. The van der Waals surface area contributed by atoms with E-state index in [1.165, 1.54) is 0 Å². The van der Waals surface area contributed by atoms with Crippen molar-refractivity contribution in [2.75, 3.05) is 13.3 Å². The van der Waals surface area contributed by atoms with Crippen LogP contribution in [-0.4, -0.2) is 38.9 Å². The molecule has 0 spiro atoms. The Bertz CT molecular complexity index is 1330. The molecule has 176 valence electrons. The van der Waals surface area contributed by atoms with Crippen molar-refractivity contribution < 1.29 is 14.3 Å². The van der Waals surface area contributed by atoms with Gasteiger partial charge in [-0.05, 0) is 48.4 Å². The van der Waals surface area contributed by atoms with Crippen LogP contribution in [0.25, 0.3) is 17.3 Å². The van der Waals surface area contributed by atoms with Crippen LogP contribution >= 0.6 is 0 Å². The van der Waals surface area contributed by atoms with E-state index in [-0.39, 0.29) is 12.7 Å². The summed E-state index contributed by atoms with van der Waals surface area (Å²) < 4.78 is 12.7. The zero-order chi connectivity index (χ0) is 24.0. The molecule has 0 unspecified atom stereocenters. The van der Waals surface area contributed by atoms with Crippen LogP contribution in [0.3, 0.4) is 0 Å². The molecule has 4 aromatic rings. The lowest BCUT2D eigenvalue weighted by Crippen LogP contribution is -2.28. The van der Waals surface area contributed by atoms with Gasteiger partial charge in [0.1, 0.15) is 5.69 Å². The van der Waals surface area contributed by atoms with Crippen LogP contribution in [0.2, 0.25) is 0 Å². The predicted molar refractivity (Wildman–Crippen MR) is 134 cm³/mol. The minimum absolute atomic E-state index is 0.0712. The fourth-order valence-corrected chi connectivity index (χ4v) is 4.01. The van der Waals surface area contributed by atoms with Gasteiger partial charge in [-0.3, -0.25) is 14.5 Å².